The molecular weight excluding hydrogens is 258 g/mol. The first-order chi connectivity index (χ1) is 8.78. The van der Waals surface area contributed by atoms with Crippen LogP contribution in [0.3, 0.4) is 0 Å². The van der Waals surface area contributed by atoms with Crippen LogP contribution in [0.1, 0.15) is 45.1 Å². The van der Waals surface area contributed by atoms with E-state index in [4.69, 9.17) is 0 Å². The lowest BCUT2D eigenvalue weighted by Gasteiger charge is -2.34. The van der Waals surface area contributed by atoms with Crippen molar-refractivity contribution in [1.29, 1.82) is 0 Å². The number of sulfonamides is 1. The molecule has 0 saturated heterocycles. The Kier molecular flexibility index (Phi) is 4.14. The summed E-state index contributed by atoms with van der Waals surface area (Å²) in [6.45, 7) is 6.45. The standard InChI is InChI=1S/C15H23NO2S/c1-12-4-6-14(7-5-12)19(17,18)16-13-8-10-15(2,3)11-9-13/h4-7,13H,8-11H2,1-3H3,(H-,16,17,18). The lowest BCUT2D eigenvalue weighted by molar-refractivity contribution is 0.216. The van der Waals surface area contributed by atoms with Crippen LogP contribution in [0.25, 0.3) is 0 Å². The van der Waals surface area contributed by atoms with Crippen LogP contribution < -0.4 is 4.72 Å². The zero-order chi connectivity index (χ0) is 14.1. The Bertz CT molecular complexity index is 471. The quantitative estimate of drug-likeness (QED) is 0.863. The molecule has 0 aromatic heterocycles. The summed E-state index contributed by atoms with van der Waals surface area (Å²) in [5, 5.41) is 0. The first-order valence-corrected chi connectivity index (χ1v) is 8.36. The average Bonchev–Trinajstić information content (AvgIpc) is 2.32. The molecule has 1 aromatic carbocycles. The summed E-state index contributed by atoms with van der Waals surface area (Å²) in [4.78, 5) is 0.364. The van der Waals surface area contributed by atoms with Gasteiger partial charge in [0.1, 0.15) is 0 Å². The Morgan fingerprint density at radius 2 is 1.74 bits per heavy atom. The number of rotatable bonds is 3. The van der Waals surface area contributed by atoms with E-state index < -0.39 is 10.4 Å². The molecule has 3 nitrogen and oxygen atoms in total. The summed E-state index contributed by atoms with van der Waals surface area (Å²) in [6.07, 6.45) is 4.01. The summed E-state index contributed by atoms with van der Waals surface area (Å²) >= 11 is 0. The van der Waals surface area contributed by atoms with E-state index in [2.05, 4.69) is 18.6 Å². The van der Waals surface area contributed by atoms with Gasteiger partial charge in [0.2, 0.25) is 0 Å². The average molecular weight is 281 g/mol. The highest BCUT2D eigenvalue weighted by atomic mass is 32.3. The molecular formula is C15H23NO2S. The van der Waals surface area contributed by atoms with E-state index in [1.807, 2.05) is 19.1 Å². The van der Waals surface area contributed by atoms with Crippen LogP contribution in [0.4, 0.5) is 0 Å². The van der Waals surface area contributed by atoms with Crippen LogP contribution >= 0.6 is 0 Å². The van der Waals surface area contributed by atoms with Gasteiger partial charge in [-0.05, 0) is 50.2 Å². The molecule has 2 rings (SSSR count). The molecule has 106 valence electrons. The molecule has 1 N–H and O–H groups in total. The lowest BCUT2D eigenvalue weighted by Crippen LogP contribution is -2.42. The van der Waals surface area contributed by atoms with Crippen molar-refractivity contribution < 1.29 is 8.76 Å². The molecule has 1 atom stereocenters. The fourth-order valence-corrected chi connectivity index (χ4v) is 3.83. The molecule has 19 heavy (non-hydrogen) atoms. The van der Waals surface area contributed by atoms with Gasteiger partial charge in [0.15, 0.2) is 15.3 Å². The molecule has 0 heterocycles. The van der Waals surface area contributed by atoms with Crippen LogP contribution in [-0.2, 0) is 14.6 Å². The highest BCUT2D eigenvalue weighted by Gasteiger charge is 2.31. The molecule has 0 amide bonds. The minimum Gasteiger partial charge on any atom is -0.593 e. The second kappa shape index (κ2) is 5.35. The van der Waals surface area contributed by atoms with Crippen LogP contribution in [0.5, 0.6) is 0 Å². The van der Waals surface area contributed by atoms with Crippen molar-refractivity contribution >= 4 is 10.4 Å². The smallest absolute Gasteiger partial charge is 0.175 e. The number of hydrogen-bond acceptors (Lipinski definition) is 2. The molecule has 0 aliphatic heterocycles. The fraction of sp³-hybridized carbons (Fsp3) is 0.600. The fourth-order valence-electron chi connectivity index (χ4n) is 2.52. The Hall–Kier alpha value is -0.710. The third-order valence-corrected chi connectivity index (χ3v) is 5.53. The van der Waals surface area contributed by atoms with Gasteiger partial charge in [-0.15, -0.1) is 4.72 Å². The summed E-state index contributed by atoms with van der Waals surface area (Å²) in [5.41, 5.74) is 1.42. The highest BCUT2D eigenvalue weighted by molar-refractivity contribution is 7.95. The Labute approximate surface area is 117 Å². The number of benzene rings is 1. The molecule has 1 unspecified atom stereocenters. The Balaban J connectivity index is 2.02. The largest absolute Gasteiger partial charge is 0.593 e. The van der Waals surface area contributed by atoms with Gasteiger partial charge in [0.25, 0.3) is 0 Å². The maximum atomic E-state index is 12.3. The van der Waals surface area contributed by atoms with Gasteiger partial charge < -0.3 is 4.55 Å². The Morgan fingerprint density at radius 3 is 2.26 bits per heavy atom. The van der Waals surface area contributed by atoms with Crippen molar-refractivity contribution in [1.82, 2.24) is 4.72 Å². The first kappa shape index (κ1) is 14.7. The van der Waals surface area contributed by atoms with Gasteiger partial charge >= 0.3 is 0 Å². The van der Waals surface area contributed by atoms with E-state index in [1.165, 1.54) is 0 Å². The van der Waals surface area contributed by atoms with E-state index in [-0.39, 0.29) is 6.04 Å². The predicted molar refractivity (Wildman–Crippen MR) is 77.4 cm³/mol. The topological polar surface area (TPSA) is 52.2 Å². The Morgan fingerprint density at radius 1 is 1.21 bits per heavy atom. The van der Waals surface area contributed by atoms with Gasteiger partial charge in [-0.3, -0.25) is 0 Å². The van der Waals surface area contributed by atoms with Crippen molar-refractivity contribution in [2.75, 3.05) is 0 Å². The van der Waals surface area contributed by atoms with Gasteiger partial charge in [0.05, 0.1) is 6.04 Å². The second-order valence-electron chi connectivity index (χ2n) is 6.37. The molecule has 1 aliphatic rings. The maximum absolute atomic E-state index is 12.3. The van der Waals surface area contributed by atoms with Crippen LogP contribution in [-0.4, -0.2) is 10.6 Å². The summed E-state index contributed by atoms with van der Waals surface area (Å²) in [7, 11) is -3.36. The van der Waals surface area contributed by atoms with Crippen LogP contribution in [0.2, 0.25) is 0 Å². The van der Waals surface area contributed by atoms with Crippen molar-refractivity contribution in [2.45, 2.75) is 57.4 Å². The van der Waals surface area contributed by atoms with E-state index in [0.717, 1.165) is 31.2 Å². The van der Waals surface area contributed by atoms with E-state index in [0.29, 0.717) is 10.3 Å². The van der Waals surface area contributed by atoms with Crippen molar-refractivity contribution in [3.8, 4) is 0 Å². The van der Waals surface area contributed by atoms with E-state index in [9.17, 15) is 8.76 Å². The zero-order valence-corrected chi connectivity index (χ0v) is 12.8. The molecule has 1 aliphatic carbocycles. The summed E-state index contributed by atoms with van der Waals surface area (Å²) in [6, 6.07) is 7.09. The molecule has 1 saturated carbocycles. The first-order valence-electron chi connectivity index (χ1n) is 6.88. The second-order valence-corrected chi connectivity index (χ2v) is 8.09. The number of hydrogen-bond donors (Lipinski definition) is 1. The summed E-state index contributed by atoms with van der Waals surface area (Å²) in [5.74, 6) is 0. The number of aryl methyl sites for hydroxylation is 1. The summed E-state index contributed by atoms with van der Waals surface area (Å²) < 4.78 is 27.4. The van der Waals surface area contributed by atoms with Crippen molar-refractivity contribution in [3.63, 3.8) is 0 Å². The molecule has 0 bridgehead atoms. The maximum Gasteiger partial charge on any atom is 0.175 e. The SMILES string of the molecule is Cc1ccc([S+](=O)([O-])NC2CCC(C)(C)CC2)cc1. The molecule has 0 spiro atoms. The predicted octanol–water partition coefficient (Wildman–Crippen LogP) is 3.46. The van der Waals surface area contributed by atoms with Gasteiger partial charge in [-0.2, -0.15) is 0 Å². The zero-order valence-electron chi connectivity index (χ0n) is 11.9. The van der Waals surface area contributed by atoms with Crippen LogP contribution in [0.15, 0.2) is 29.2 Å². The third-order valence-electron chi connectivity index (χ3n) is 3.99. The number of nitrogens with one attached hydrogen (secondary N) is 1. The normalized spacial score (nSPS) is 22.9. The minimum absolute atomic E-state index is 0.0827. The molecule has 1 fully saturated rings. The molecule has 1 aromatic rings. The highest BCUT2D eigenvalue weighted by Crippen LogP contribution is 2.35. The van der Waals surface area contributed by atoms with Gasteiger partial charge in [-0.1, -0.05) is 35.8 Å². The molecule has 4 heteroatoms. The van der Waals surface area contributed by atoms with Crippen molar-refractivity contribution in [2.24, 2.45) is 5.41 Å². The van der Waals surface area contributed by atoms with Crippen LogP contribution in [0, 0.1) is 12.3 Å². The van der Waals surface area contributed by atoms with Crippen molar-refractivity contribution in [3.05, 3.63) is 29.8 Å². The third kappa shape index (κ3) is 3.88. The van der Waals surface area contributed by atoms with Gasteiger partial charge in [-0.25, -0.2) is 0 Å². The van der Waals surface area contributed by atoms with Gasteiger partial charge in [0, 0.05) is 0 Å². The minimum atomic E-state index is -3.36. The lowest BCUT2D eigenvalue weighted by atomic mass is 9.76. The van der Waals surface area contributed by atoms with E-state index in [1.54, 1.807) is 12.1 Å². The van der Waals surface area contributed by atoms with E-state index >= 15 is 0 Å². The monoisotopic (exact) mass is 281 g/mol. The molecule has 0 radical (unpaired) electrons.